The lowest BCUT2D eigenvalue weighted by molar-refractivity contribution is 0.669. The van der Waals surface area contributed by atoms with Crippen LogP contribution in [0.1, 0.15) is 0 Å². The SMILES string of the molecule is Clc1ccc2c(c1)oc1cc(-c3ccc4cccc(N(c5ccccc5)c5ccc6ccccc6c5)c4c3)ccc12. The minimum atomic E-state index is 0.674. The van der Waals surface area contributed by atoms with Crippen LogP contribution in [0.25, 0.3) is 54.6 Å². The molecule has 2 nitrogen and oxygen atoms in total. The highest BCUT2D eigenvalue weighted by Gasteiger charge is 2.17. The molecule has 7 aromatic carbocycles. The quantitative estimate of drug-likeness (QED) is 0.218. The van der Waals surface area contributed by atoms with Crippen LogP contribution in [0.5, 0.6) is 0 Å². The van der Waals surface area contributed by atoms with Gasteiger partial charge in [0.2, 0.25) is 0 Å². The molecule has 1 aromatic heterocycles. The van der Waals surface area contributed by atoms with Crippen LogP contribution in [0.15, 0.2) is 150 Å². The van der Waals surface area contributed by atoms with E-state index >= 15 is 0 Å². The summed E-state index contributed by atoms with van der Waals surface area (Å²) >= 11 is 6.22. The summed E-state index contributed by atoms with van der Waals surface area (Å²) in [7, 11) is 0. The van der Waals surface area contributed by atoms with E-state index in [0.717, 1.165) is 50.1 Å². The van der Waals surface area contributed by atoms with E-state index in [0.29, 0.717) is 5.02 Å². The molecular weight excluding hydrogens is 522 g/mol. The zero-order chi connectivity index (χ0) is 27.3. The molecule has 1 heterocycles. The predicted molar refractivity (Wildman–Crippen MR) is 174 cm³/mol. The fourth-order valence-electron chi connectivity index (χ4n) is 5.88. The van der Waals surface area contributed by atoms with Crippen molar-refractivity contribution in [3.63, 3.8) is 0 Å². The fourth-order valence-corrected chi connectivity index (χ4v) is 6.04. The maximum absolute atomic E-state index is 6.22. The molecule has 41 heavy (non-hydrogen) atoms. The van der Waals surface area contributed by atoms with E-state index in [1.807, 2.05) is 18.2 Å². The van der Waals surface area contributed by atoms with Crippen molar-refractivity contribution in [3.8, 4) is 11.1 Å². The number of rotatable bonds is 4. The summed E-state index contributed by atoms with van der Waals surface area (Å²) in [6, 6.07) is 51.2. The summed E-state index contributed by atoms with van der Waals surface area (Å²) in [6.07, 6.45) is 0. The van der Waals surface area contributed by atoms with Gasteiger partial charge >= 0.3 is 0 Å². The smallest absolute Gasteiger partial charge is 0.136 e. The Labute approximate surface area is 242 Å². The minimum absolute atomic E-state index is 0.674. The second-order valence-corrected chi connectivity index (χ2v) is 10.8. The Bertz CT molecular complexity index is 2230. The molecule has 0 bridgehead atoms. The van der Waals surface area contributed by atoms with Crippen LogP contribution < -0.4 is 4.90 Å². The second-order valence-electron chi connectivity index (χ2n) is 10.4. The molecule has 0 amide bonds. The first-order chi connectivity index (χ1) is 20.2. The standard InChI is InChI=1S/C38H24ClNO/c39-30-17-20-34-33-19-16-29(23-37(33)41-38(34)24-30)28-14-13-26-9-6-12-36(35(26)22-28)40(31-10-2-1-3-11-31)32-18-15-25-7-4-5-8-27(25)21-32/h1-24H. The van der Waals surface area contributed by atoms with Crippen LogP contribution >= 0.6 is 11.6 Å². The summed E-state index contributed by atoms with van der Waals surface area (Å²) in [4.78, 5) is 2.35. The Kier molecular flexibility index (Phi) is 5.54. The molecule has 0 atom stereocenters. The van der Waals surface area contributed by atoms with Crippen LogP contribution in [0.4, 0.5) is 17.1 Å². The lowest BCUT2D eigenvalue weighted by Gasteiger charge is -2.27. The van der Waals surface area contributed by atoms with Crippen molar-refractivity contribution >= 4 is 72.1 Å². The largest absolute Gasteiger partial charge is 0.456 e. The van der Waals surface area contributed by atoms with Gasteiger partial charge in [-0.3, -0.25) is 0 Å². The summed E-state index contributed by atoms with van der Waals surface area (Å²) < 4.78 is 6.20. The molecule has 0 aliphatic heterocycles. The lowest BCUT2D eigenvalue weighted by Crippen LogP contribution is -2.10. The van der Waals surface area contributed by atoms with Gasteiger partial charge in [0.05, 0.1) is 5.69 Å². The zero-order valence-electron chi connectivity index (χ0n) is 22.1. The minimum Gasteiger partial charge on any atom is -0.456 e. The molecule has 0 fully saturated rings. The van der Waals surface area contributed by atoms with Crippen molar-refractivity contribution in [2.45, 2.75) is 0 Å². The molecule has 0 aliphatic carbocycles. The van der Waals surface area contributed by atoms with Crippen molar-refractivity contribution in [2.75, 3.05) is 4.90 Å². The van der Waals surface area contributed by atoms with Gasteiger partial charge in [0, 0.05) is 38.6 Å². The van der Waals surface area contributed by atoms with E-state index in [1.54, 1.807) is 0 Å². The van der Waals surface area contributed by atoms with E-state index < -0.39 is 0 Å². The van der Waals surface area contributed by atoms with E-state index in [4.69, 9.17) is 16.0 Å². The third-order valence-electron chi connectivity index (χ3n) is 7.87. The number of hydrogen-bond acceptors (Lipinski definition) is 2. The average Bonchev–Trinajstić information content (AvgIpc) is 3.38. The van der Waals surface area contributed by atoms with Crippen LogP contribution in [-0.2, 0) is 0 Å². The van der Waals surface area contributed by atoms with Crippen LogP contribution in [0, 0.1) is 0 Å². The summed E-state index contributed by atoms with van der Waals surface area (Å²) in [5, 5.41) is 7.65. The van der Waals surface area contributed by atoms with Gasteiger partial charge in [-0.2, -0.15) is 0 Å². The maximum Gasteiger partial charge on any atom is 0.136 e. The van der Waals surface area contributed by atoms with Gasteiger partial charge in [0.1, 0.15) is 11.2 Å². The van der Waals surface area contributed by atoms with Crippen molar-refractivity contribution in [3.05, 3.63) is 151 Å². The molecule has 8 rings (SSSR count). The topological polar surface area (TPSA) is 16.4 Å². The van der Waals surface area contributed by atoms with Gasteiger partial charge in [0.15, 0.2) is 0 Å². The Morgan fingerprint density at radius 3 is 2.00 bits per heavy atom. The molecule has 0 saturated carbocycles. The summed E-state index contributed by atoms with van der Waals surface area (Å²) in [5.74, 6) is 0. The summed E-state index contributed by atoms with van der Waals surface area (Å²) in [5.41, 5.74) is 7.27. The Morgan fingerprint density at radius 1 is 0.439 bits per heavy atom. The number of para-hydroxylation sites is 1. The predicted octanol–water partition coefficient (Wildman–Crippen LogP) is 11.7. The molecule has 0 saturated heterocycles. The zero-order valence-corrected chi connectivity index (χ0v) is 22.8. The number of halogens is 1. The monoisotopic (exact) mass is 545 g/mol. The summed E-state index contributed by atoms with van der Waals surface area (Å²) in [6.45, 7) is 0. The average molecular weight is 546 g/mol. The first-order valence-corrected chi connectivity index (χ1v) is 14.1. The molecule has 0 radical (unpaired) electrons. The number of nitrogens with zero attached hydrogens (tertiary/aromatic N) is 1. The number of anilines is 3. The van der Waals surface area contributed by atoms with Gasteiger partial charge in [0.25, 0.3) is 0 Å². The van der Waals surface area contributed by atoms with Crippen molar-refractivity contribution < 1.29 is 4.42 Å². The van der Waals surface area contributed by atoms with E-state index in [1.165, 1.54) is 21.5 Å². The van der Waals surface area contributed by atoms with Gasteiger partial charge in [-0.1, -0.05) is 90.5 Å². The number of hydrogen-bond donors (Lipinski definition) is 0. The number of fused-ring (bicyclic) bond motifs is 5. The number of furan rings is 1. The third-order valence-corrected chi connectivity index (χ3v) is 8.11. The van der Waals surface area contributed by atoms with Gasteiger partial charge < -0.3 is 9.32 Å². The second kappa shape index (κ2) is 9.55. The van der Waals surface area contributed by atoms with Crippen LogP contribution in [-0.4, -0.2) is 0 Å². The lowest BCUT2D eigenvalue weighted by atomic mass is 9.98. The first kappa shape index (κ1) is 23.8. The van der Waals surface area contributed by atoms with Gasteiger partial charge in [-0.05, 0) is 87.9 Å². The third kappa shape index (κ3) is 4.12. The first-order valence-electron chi connectivity index (χ1n) is 13.7. The highest BCUT2D eigenvalue weighted by Crippen LogP contribution is 2.41. The van der Waals surface area contributed by atoms with Crippen molar-refractivity contribution in [2.24, 2.45) is 0 Å². The Hall–Kier alpha value is -5.05. The van der Waals surface area contributed by atoms with Crippen molar-refractivity contribution in [1.29, 1.82) is 0 Å². The van der Waals surface area contributed by atoms with Crippen LogP contribution in [0.2, 0.25) is 5.02 Å². The Balaban J connectivity index is 1.31. The highest BCUT2D eigenvalue weighted by molar-refractivity contribution is 6.31. The van der Waals surface area contributed by atoms with E-state index in [2.05, 4.69) is 132 Å². The molecule has 194 valence electrons. The fraction of sp³-hybridized carbons (Fsp3) is 0. The highest BCUT2D eigenvalue weighted by atomic mass is 35.5. The Morgan fingerprint density at radius 2 is 1.12 bits per heavy atom. The maximum atomic E-state index is 6.22. The molecule has 0 aliphatic rings. The molecule has 0 unspecified atom stereocenters. The molecule has 8 aromatic rings. The van der Waals surface area contributed by atoms with E-state index in [9.17, 15) is 0 Å². The molecule has 0 N–H and O–H groups in total. The molecular formula is C38H24ClNO. The van der Waals surface area contributed by atoms with Gasteiger partial charge in [-0.25, -0.2) is 0 Å². The van der Waals surface area contributed by atoms with Gasteiger partial charge in [-0.15, -0.1) is 0 Å². The molecule has 0 spiro atoms. The van der Waals surface area contributed by atoms with E-state index in [-0.39, 0.29) is 0 Å². The number of benzene rings is 7. The van der Waals surface area contributed by atoms with Crippen LogP contribution in [0.3, 0.4) is 0 Å². The molecule has 3 heteroatoms. The van der Waals surface area contributed by atoms with Crippen molar-refractivity contribution in [1.82, 2.24) is 0 Å². The normalized spacial score (nSPS) is 11.5.